The molecule has 2 aromatic rings. The Kier molecular flexibility index (Phi) is 4.14. The van der Waals surface area contributed by atoms with E-state index in [2.05, 4.69) is 9.84 Å². The van der Waals surface area contributed by atoms with E-state index in [1.165, 1.54) is 11.8 Å². The summed E-state index contributed by atoms with van der Waals surface area (Å²) in [6.07, 6.45) is 1.56. The van der Waals surface area contributed by atoms with Crippen molar-refractivity contribution in [2.45, 2.75) is 6.54 Å². The van der Waals surface area contributed by atoms with Crippen molar-refractivity contribution in [1.29, 1.82) is 0 Å². The van der Waals surface area contributed by atoms with Gasteiger partial charge < -0.3 is 15.2 Å². The van der Waals surface area contributed by atoms with Crippen LogP contribution in [0.5, 0.6) is 5.75 Å². The Morgan fingerprint density at radius 2 is 2.20 bits per heavy atom. The highest BCUT2D eigenvalue weighted by Crippen LogP contribution is 2.24. The monoisotopic (exact) mass is 295 g/mol. The number of anilines is 1. The number of rotatable bonds is 4. The van der Waals surface area contributed by atoms with Gasteiger partial charge in [-0.15, -0.1) is 0 Å². The number of halogens is 1. The van der Waals surface area contributed by atoms with Crippen molar-refractivity contribution in [3.8, 4) is 5.75 Å². The maximum atomic E-state index is 11.5. The third kappa shape index (κ3) is 2.85. The first-order valence-corrected chi connectivity index (χ1v) is 6.16. The van der Waals surface area contributed by atoms with Gasteiger partial charge in [0.15, 0.2) is 5.69 Å². The summed E-state index contributed by atoms with van der Waals surface area (Å²) in [6, 6.07) is 5.28. The Morgan fingerprint density at radius 1 is 1.45 bits per heavy atom. The van der Waals surface area contributed by atoms with Crippen LogP contribution in [0.25, 0.3) is 0 Å². The van der Waals surface area contributed by atoms with Crippen molar-refractivity contribution >= 4 is 23.3 Å². The predicted octanol–water partition coefficient (Wildman–Crippen LogP) is 1.96. The fourth-order valence-electron chi connectivity index (χ4n) is 1.82. The third-order valence-corrected chi connectivity index (χ3v) is 2.98. The summed E-state index contributed by atoms with van der Waals surface area (Å²) >= 11 is 5.97. The molecule has 0 amide bonds. The molecule has 0 fully saturated rings. The Hall–Kier alpha value is -2.21. The zero-order valence-electron chi connectivity index (χ0n) is 11.1. The van der Waals surface area contributed by atoms with E-state index in [1.54, 1.807) is 31.5 Å². The third-order valence-electron chi connectivity index (χ3n) is 2.74. The Labute approximate surface area is 121 Å². The molecule has 0 bridgehead atoms. The molecule has 2 N–H and O–H groups in total. The van der Waals surface area contributed by atoms with E-state index in [4.69, 9.17) is 22.1 Å². The quantitative estimate of drug-likeness (QED) is 0.872. The van der Waals surface area contributed by atoms with Crippen molar-refractivity contribution in [2.75, 3.05) is 20.0 Å². The summed E-state index contributed by atoms with van der Waals surface area (Å²) < 4.78 is 11.4. The molecule has 0 aliphatic heterocycles. The van der Waals surface area contributed by atoms with Crippen molar-refractivity contribution in [2.24, 2.45) is 0 Å². The molecule has 1 aromatic heterocycles. The maximum absolute atomic E-state index is 11.5. The zero-order chi connectivity index (χ0) is 14.7. The number of nitrogens with zero attached hydrogens (tertiary/aromatic N) is 2. The molecular formula is C13H14ClN3O3. The highest BCUT2D eigenvalue weighted by atomic mass is 35.5. The topological polar surface area (TPSA) is 79.4 Å². The molecule has 1 aromatic carbocycles. The number of aromatic nitrogens is 2. The average molecular weight is 296 g/mol. The van der Waals surface area contributed by atoms with Gasteiger partial charge in [0.05, 0.1) is 26.5 Å². The molecule has 7 heteroatoms. The van der Waals surface area contributed by atoms with Crippen LogP contribution in [0.2, 0.25) is 5.02 Å². The molecular weight excluding hydrogens is 282 g/mol. The first-order valence-electron chi connectivity index (χ1n) is 5.78. The van der Waals surface area contributed by atoms with Crippen LogP contribution >= 0.6 is 11.6 Å². The van der Waals surface area contributed by atoms with Gasteiger partial charge in [-0.05, 0) is 18.2 Å². The molecule has 0 radical (unpaired) electrons. The number of hydrogen-bond donors (Lipinski definition) is 1. The number of carbonyl (C=O) groups is 1. The van der Waals surface area contributed by atoms with Gasteiger partial charge in [0.1, 0.15) is 5.75 Å². The molecule has 0 unspecified atom stereocenters. The molecule has 0 saturated heterocycles. The van der Waals surface area contributed by atoms with E-state index in [-0.39, 0.29) is 11.4 Å². The minimum absolute atomic E-state index is 0.0912. The van der Waals surface area contributed by atoms with Crippen LogP contribution in [0, 0.1) is 0 Å². The van der Waals surface area contributed by atoms with Crippen LogP contribution in [0.3, 0.4) is 0 Å². The molecule has 0 aliphatic carbocycles. The first-order chi connectivity index (χ1) is 9.55. The van der Waals surface area contributed by atoms with Gasteiger partial charge in [0.25, 0.3) is 0 Å². The highest BCUT2D eigenvalue weighted by molar-refractivity contribution is 6.30. The number of benzene rings is 1. The summed E-state index contributed by atoms with van der Waals surface area (Å²) in [7, 11) is 2.85. The SMILES string of the molecule is COC(=O)c1nn(Cc2cc(Cl)ccc2OC)cc1N. The zero-order valence-corrected chi connectivity index (χ0v) is 11.8. The van der Waals surface area contributed by atoms with E-state index in [0.717, 1.165) is 5.56 Å². The Morgan fingerprint density at radius 3 is 2.85 bits per heavy atom. The number of nitrogen functional groups attached to an aromatic ring is 1. The largest absolute Gasteiger partial charge is 0.496 e. The lowest BCUT2D eigenvalue weighted by atomic mass is 10.2. The molecule has 0 aliphatic rings. The maximum Gasteiger partial charge on any atom is 0.360 e. The van der Waals surface area contributed by atoms with Crippen molar-refractivity contribution < 1.29 is 14.3 Å². The normalized spacial score (nSPS) is 10.3. The van der Waals surface area contributed by atoms with Crippen LogP contribution in [-0.2, 0) is 11.3 Å². The number of carbonyl (C=O) groups excluding carboxylic acids is 1. The molecule has 20 heavy (non-hydrogen) atoms. The summed E-state index contributed by atoms with van der Waals surface area (Å²) in [4.78, 5) is 11.5. The van der Waals surface area contributed by atoms with E-state index in [0.29, 0.717) is 17.3 Å². The Bertz CT molecular complexity index is 640. The minimum atomic E-state index is -0.570. The summed E-state index contributed by atoms with van der Waals surface area (Å²) in [5.74, 6) is 0.113. The van der Waals surface area contributed by atoms with E-state index in [9.17, 15) is 4.79 Å². The molecule has 0 saturated carbocycles. The van der Waals surface area contributed by atoms with Crippen molar-refractivity contribution in [3.05, 3.63) is 40.7 Å². The fourth-order valence-corrected chi connectivity index (χ4v) is 2.01. The van der Waals surface area contributed by atoms with Crippen LogP contribution in [0.4, 0.5) is 5.69 Å². The molecule has 6 nitrogen and oxygen atoms in total. The second kappa shape index (κ2) is 5.83. The molecule has 0 spiro atoms. The van der Waals surface area contributed by atoms with Gasteiger partial charge in [-0.25, -0.2) is 4.79 Å². The summed E-state index contributed by atoms with van der Waals surface area (Å²) in [6.45, 7) is 0.380. The van der Waals surface area contributed by atoms with Crippen LogP contribution < -0.4 is 10.5 Å². The van der Waals surface area contributed by atoms with Gasteiger partial charge in [-0.3, -0.25) is 4.68 Å². The van der Waals surface area contributed by atoms with Crippen molar-refractivity contribution in [1.82, 2.24) is 9.78 Å². The number of methoxy groups -OCH3 is 2. The molecule has 106 valence electrons. The van der Waals surface area contributed by atoms with E-state index < -0.39 is 5.97 Å². The average Bonchev–Trinajstić information content (AvgIpc) is 2.79. The number of ether oxygens (including phenoxy) is 2. The number of hydrogen-bond acceptors (Lipinski definition) is 5. The summed E-state index contributed by atoms with van der Waals surface area (Å²) in [5, 5.41) is 4.69. The predicted molar refractivity (Wildman–Crippen MR) is 75.1 cm³/mol. The molecule has 0 atom stereocenters. The van der Waals surface area contributed by atoms with Crippen LogP contribution in [-0.4, -0.2) is 30.0 Å². The first kappa shape index (κ1) is 14.2. The minimum Gasteiger partial charge on any atom is -0.496 e. The lowest BCUT2D eigenvalue weighted by molar-refractivity contribution is 0.0594. The van der Waals surface area contributed by atoms with E-state index >= 15 is 0 Å². The van der Waals surface area contributed by atoms with Gasteiger partial charge in [-0.1, -0.05) is 11.6 Å². The lowest BCUT2D eigenvalue weighted by Crippen LogP contribution is -2.07. The van der Waals surface area contributed by atoms with Crippen LogP contribution in [0.1, 0.15) is 16.1 Å². The summed E-state index contributed by atoms with van der Waals surface area (Å²) in [5.41, 5.74) is 6.92. The molecule has 1 heterocycles. The van der Waals surface area contributed by atoms with Crippen molar-refractivity contribution in [3.63, 3.8) is 0 Å². The van der Waals surface area contributed by atoms with Crippen LogP contribution in [0.15, 0.2) is 24.4 Å². The number of esters is 1. The standard InChI is InChI=1S/C13H14ClN3O3/c1-19-11-4-3-9(14)5-8(11)6-17-7-10(15)12(16-17)13(18)20-2/h3-5,7H,6,15H2,1-2H3. The smallest absolute Gasteiger partial charge is 0.360 e. The number of nitrogens with two attached hydrogens (primary N) is 1. The second-order valence-electron chi connectivity index (χ2n) is 4.08. The van der Waals surface area contributed by atoms with Gasteiger partial charge in [-0.2, -0.15) is 5.10 Å². The fraction of sp³-hybridized carbons (Fsp3) is 0.231. The lowest BCUT2D eigenvalue weighted by Gasteiger charge is -2.08. The molecule has 2 rings (SSSR count). The van der Waals surface area contributed by atoms with E-state index in [1.807, 2.05) is 0 Å². The van der Waals surface area contributed by atoms with Gasteiger partial charge in [0.2, 0.25) is 0 Å². The van der Waals surface area contributed by atoms with Gasteiger partial charge in [0, 0.05) is 16.8 Å². The Balaban J connectivity index is 2.31. The highest BCUT2D eigenvalue weighted by Gasteiger charge is 2.16. The van der Waals surface area contributed by atoms with Gasteiger partial charge >= 0.3 is 5.97 Å². The second-order valence-corrected chi connectivity index (χ2v) is 4.51.